The smallest absolute Gasteiger partial charge is 0.0729 e. The van der Waals surface area contributed by atoms with E-state index in [1.54, 1.807) is 10.9 Å². The molecule has 6 nitrogen and oxygen atoms in total. The van der Waals surface area contributed by atoms with Crippen molar-refractivity contribution in [3.63, 3.8) is 0 Å². The lowest BCUT2D eigenvalue weighted by atomic mass is 10.2. The number of hydrogen-bond donors (Lipinski definition) is 2. The third kappa shape index (κ3) is 3.98. The van der Waals surface area contributed by atoms with Gasteiger partial charge in [-0.1, -0.05) is 0 Å². The van der Waals surface area contributed by atoms with Gasteiger partial charge in [-0.15, -0.1) is 12.4 Å². The Labute approximate surface area is 125 Å². The number of anilines is 1. The summed E-state index contributed by atoms with van der Waals surface area (Å²) in [6.07, 6.45) is 5.72. The molecule has 0 aliphatic heterocycles. The van der Waals surface area contributed by atoms with Crippen LogP contribution in [0.25, 0.3) is 0 Å². The Morgan fingerprint density at radius 3 is 2.70 bits per heavy atom. The lowest BCUT2D eigenvalue weighted by Gasteiger charge is -2.03. The zero-order chi connectivity index (χ0) is 13.8. The topological polar surface area (TPSA) is 67.9 Å². The number of halogens is 1. The molecule has 0 aliphatic rings. The number of hydrogen-bond acceptors (Lipinski definition) is 4. The minimum atomic E-state index is 0. The molecule has 0 aromatic carbocycles. The Morgan fingerprint density at radius 2 is 2.10 bits per heavy atom. The first kappa shape index (κ1) is 16.5. The van der Waals surface area contributed by atoms with Gasteiger partial charge in [-0.05, 0) is 20.8 Å². The summed E-state index contributed by atoms with van der Waals surface area (Å²) in [6.45, 7) is 7.59. The summed E-state index contributed by atoms with van der Waals surface area (Å²) in [5.41, 5.74) is 3.18. The van der Waals surface area contributed by atoms with Crippen molar-refractivity contribution in [1.82, 2.24) is 19.6 Å². The summed E-state index contributed by atoms with van der Waals surface area (Å²) < 4.78 is 3.69. The molecule has 112 valence electrons. The predicted octanol–water partition coefficient (Wildman–Crippen LogP) is 2.00. The number of aromatic nitrogens is 4. The molecular weight excluding hydrogens is 278 g/mol. The van der Waals surface area contributed by atoms with Gasteiger partial charge < -0.3 is 10.4 Å². The first-order valence-corrected chi connectivity index (χ1v) is 6.52. The van der Waals surface area contributed by atoms with Crippen LogP contribution in [0.5, 0.6) is 0 Å². The molecule has 0 radical (unpaired) electrons. The van der Waals surface area contributed by atoms with Crippen LogP contribution >= 0.6 is 12.4 Å². The highest BCUT2D eigenvalue weighted by Gasteiger charge is 2.07. The fraction of sp³-hybridized carbons (Fsp3) is 0.538. The number of aliphatic hydroxyl groups is 1. The van der Waals surface area contributed by atoms with E-state index in [1.165, 1.54) is 5.56 Å². The molecule has 20 heavy (non-hydrogen) atoms. The molecule has 0 bridgehead atoms. The second kappa shape index (κ2) is 7.31. The average Bonchev–Trinajstić information content (AvgIpc) is 2.94. The molecule has 2 aromatic rings. The second-order valence-corrected chi connectivity index (χ2v) is 4.88. The van der Waals surface area contributed by atoms with E-state index in [0.717, 1.165) is 17.9 Å². The monoisotopic (exact) mass is 299 g/mol. The van der Waals surface area contributed by atoms with Crippen molar-refractivity contribution in [1.29, 1.82) is 0 Å². The van der Waals surface area contributed by atoms with Gasteiger partial charge in [0, 0.05) is 30.5 Å². The Balaban J connectivity index is 0.00000200. The van der Waals surface area contributed by atoms with Crippen molar-refractivity contribution < 1.29 is 5.11 Å². The maximum atomic E-state index is 8.84. The van der Waals surface area contributed by atoms with Crippen molar-refractivity contribution in [2.24, 2.45) is 0 Å². The normalized spacial score (nSPS) is 10.7. The number of rotatable bonds is 6. The first-order chi connectivity index (χ1) is 9.10. The molecule has 2 N–H and O–H groups in total. The average molecular weight is 300 g/mol. The molecule has 0 atom stereocenters. The SMILES string of the molecule is Cc1nn(C(C)C)cc1CNc1cnn(CCO)c1.Cl. The molecule has 0 spiro atoms. The van der Waals surface area contributed by atoms with Crippen LogP contribution in [-0.4, -0.2) is 31.3 Å². The summed E-state index contributed by atoms with van der Waals surface area (Å²) in [5.74, 6) is 0. The van der Waals surface area contributed by atoms with Crippen LogP contribution in [0.2, 0.25) is 0 Å². The lowest BCUT2D eigenvalue weighted by molar-refractivity contribution is 0.269. The molecule has 2 aromatic heterocycles. The quantitative estimate of drug-likeness (QED) is 0.856. The maximum absolute atomic E-state index is 8.84. The molecule has 0 saturated heterocycles. The van der Waals surface area contributed by atoms with Crippen LogP contribution in [0.1, 0.15) is 31.1 Å². The highest BCUT2D eigenvalue weighted by atomic mass is 35.5. The number of aliphatic hydroxyl groups excluding tert-OH is 1. The maximum Gasteiger partial charge on any atom is 0.0729 e. The van der Waals surface area contributed by atoms with Crippen LogP contribution in [-0.2, 0) is 13.1 Å². The van der Waals surface area contributed by atoms with Gasteiger partial charge >= 0.3 is 0 Å². The van der Waals surface area contributed by atoms with E-state index < -0.39 is 0 Å². The molecule has 7 heteroatoms. The summed E-state index contributed by atoms with van der Waals surface area (Å²) >= 11 is 0. The van der Waals surface area contributed by atoms with Gasteiger partial charge in [-0.25, -0.2) is 0 Å². The molecule has 0 unspecified atom stereocenters. The van der Waals surface area contributed by atoms with Crippen molar-refractivity contribution in [3.8, 4) is 0 Å². The molecule has 0 aliphatic carbocycles. The fourth-order valence-corrected chi connectivity index (χ4v) is 1.83. The van der Waals surface area contributed by atoms with Crippen LogP contribution in [0, 0.1) is 6.92 Å². The van der Waals surface area contributed by atoms with Gasteiger partial charge in [0.25, 0.3) is 0 Å². The van der Waals surface area contributed by atoms with E-state index in [1.807, 2.05) is 17.8 Å². The first-order valence-electron chi connectivity index (χ1n) is 6.52. The van der Waals surface area contributed by atoms with Gasteiger partial charge in [0.1, 0.15) is 0 Å². The van der Waals surface area contributed by atoms with E-state index in [0.29, 0.717) is 12.6 Å². The van der Waals surface area contributed by atoms with Crippen molar-refractivity contribution >= 4 is 18.1 Å². The lowest BCUT2D eigenvalue weighted by Crippen LogP contribution is -2.02. The molecule has 2 heterocycles. The molecular formula is C13H22ClN5O. The molecule has 0 fully saturated rings. The Morgan fingerprint density at radius 1 is 1.35 bits per heavy atom. The largest absolute Gasteiger partial charge is 0.394 e. The van der Waals surface area contributed by atoms with Crippen LogP contribution < -0.4 is 5.32 Å². The zero-order valence-electron chi connectivity index (χ0n) is 12.1. The third-order valence-electron chi connectivity index (χ3n) is 2.99. The summed E-state index contributed by atoms with van der Waals surface area (Å²) in [7, 11) is 0. The Hall–Kier alpha value is -1.53. The van der Waals surface area contributed by atoms with Crippen LogP contribution in [0.15, 0.2) is 18.6 Å². The van der Waals surface area contributed by atoms with Crippen LogP contribution in [0.4, 0.5) is 5.69 Å². The third-order valence-corrected chi connectivity index (χ3v) is 2.99. The molecule has 2 rings (SSSR count). The van der Waals surface area contributed by atoms with Gasteiger partial charge in [-0.3, -0.25) is 9.36 Å². The summed E-state index contributed by atoms with van der Waals surface area (Å²) in [6, 6.07) is 0.375. The summed E-state index contributed by atoms with van der Waals surface area (Å²) in [4.78, 5) is 0. The highest BCUT2D eigenvalue weighted by molar-refractivity contribution is 5.85. The standard InChI is InChI=1S/C13H21N5O.ClH/c1-10(2)18-8-12(11(3)16-18)6-14-13-7-15-17(9-13)4-5-19;/h7-10,14,19H,4-6H2,1-3H3;1H. The van der Waals surface area contributed by atoms with E-state index >= 15 is 0 Å². The van der Waals surface area contributed by atoms with Gasteiger partial charge in [0.15, 0.2) is 0 Å². The van der Waals surface area contributed by atoms with Gasteiger partial charge in [0.2, 0.25) is 0 Å². The van der Waals surface area contributed by atoms with Gasteiger partial charge in [0.05, 0.1) is 30.7 Å². The van der Waals surface area contributed by atoms with E-state index in [4.69, 9.17) is 5.11 Å². The Kier molecular flexibility index (Phi) is 6.04. The zero-order valence-corrected chi connectivity index (χ0v) is 12.9. The molecule has 0 saturated carbocycles. The van der Waals surface area contributed by atoms with Crippen LogP contribution in [0.3, 0.4) is 0 Å². The van der Waals surface area contributed by atoms with Crippen molar-refractivity contribution in [3.05, 3.63) is 29.8 Å². The fourth-order valence-electron chi connectivity index (χ4n) is 1.83. The summed E-state index contributed by atoms with van der Waals surface area (Å²) in [5, 5.41) is 20.8. The van der Waals surface area contributed by atoms with Crippen molar-refractivity contribution in [2.45, 2.75) is 39.9 Å². The van der Waals surface area contributed by atoms with E-state index in [9.17, 15) is 0 Å². The second-order valence-electron chi connectivity index (χ2n) is 4.88. The highest BCUT2D eigenvalue weighted by Crippen LogP contribution is 2.13. The number of aryl methyl sites for hydroxylation is 1. The number of nitrogens with one attached hydrogen (secondary N) is 1. The Bertz CT molecular complexity index is 535. The minimum Gasteiger partial charge on any atom is -0.394 e. The van der Waals surface area contributed by atoms with E-state index in [2.05, 4.69) is 35.6 Å². The molecule has 0 amide bonds. The number of nitrogens with zero attached hydrogens (tertiary/aromatic N) is 4. The van der Waals surface area contributed by atoms with E-state index in [-0.39, 0.29) is 19.0 Å². The van der Waals surface area contributed by atoms with Crippen molar-refractivity contribution in [2.75, 3.05) is 11.9 Å². The predicted molar refractivity (Wildman–Crippen MR) is 81.2 cm³/mol. The minimum absolute atomic E-state index is 0. The van der Waals surface area contributed by atoms with Gasteiger partial charge in [-0.2, -0.15) is 10.2 Å².